The monoisotopic (exact) mass is 728 g/mol. The molecule has 0 spiro atoms. The van der Waals surface area contributed by atoms with Crippen LogP contribution < -0.4 is 14.2 Å². The average Bonchev–Trinajstić information content (AvgIpc) is 3.56. The molecule has 0 saturated carbocycles. The molecule has 2 aromatic rings. The molecule has 0 bridgehead atoms. The maximum Gasteiger partial charge on any atom is 0.229 e. The van der Waals surface area contributed by atoms with Crippen LogP contribution in [0.1, 0.15) is 28.4 Å². The highest BCUT2D eigenvalue weighted by Crippen LogP contribution is 2.44. The molecular weight excluding hydrogens is 688 g/mol. The lowest BCUT2D eigenvalue weighted by molar-refractivity contribution is -0.319. The number of methoxy groups -OCH3 is 1. The number of benzene rings is 2. The molecule has 6 rings (SSSR count). The second kappa shape index (κ2) is 14.5. The summed E-state index contributed by atoms with van der Waals surface area (Å²) in [5.74, 6) is -1.21. The summed E-state index contributed by atoms with van der Waals surface area (Å²) in [6, 6.07) is 6.74. The lowest BCUT2D eigenvalue weighted by Crippen LogP contribution is -2.62. The van der Waals surface area contributed by atoms with Gasteiger partial charge in [-0.05, 0) is 17.7 Å². The van der Waals surface area contributed by atoms with Crippen LogP contribution in [0.25, 0.3) is 0 Å². The number of aromatic hydroxyl groups is 2. The number of aliphatic hydroxyl groups excluding tert-OH is 6. The lowest BCUT2D eigenvalue weighted by Gasteiger charge is -2.42. The molecule has 4 heterocycles. The van der Waals surface area contributed by atoms with Crippen molar-refractivity contribution in [2.24, 2.45) is 0 Å². The lowest BCUT2D eigenvalue weighted by atomic mass is 9.95. The van der Waals surface area contributed by atoms with Crippen molar-refractivity contribution in [1.29, 1.82) is 0 Å². The van der Waals surface area contributed by atoms with Gasteiger partial charge in [0, 0.05) is 12.1 Å². The highest BCUT2D eigenvalue weighted by atomic mass is 16.8. The van der Waals surface area contributed by atoms with E-state index < -0.39 is 117 Å². The molecule has 3 saturated heterocycles. The molecule has 4 aliphatic heterocycles. The molecule has 2 aromatic carbocycles. The van der Waals surface area contributed by atoms with Crippen LogP contribution in [0.4, 0.5) is 0 Å². The number of fused-ring (bicyclic) bond motifs is 1. The first-order valence-electron chi connectivity index (χ1n) is 15.9. The van der Waals surface area contributed by atoms with Gasteiger partial charge in [-0.3, -0.25) is 4.79 Å². The molecule has 12 atom stereocenters. The summed E-state index contributed by atoms with van der Waals surface area (Å²) in [6.45, 7) is -3.36. The fourth-order valence-corrected chi connectivity index (χ4v) is 6.21. The van der Waals surface area contributed by atoms with Crippen molar-refractivity contribution in [2.75, 3.05) is 40.1 Å². The van der Waals surface area contributed by atoms with E-state index in [1.807, 2.05) is 0 Å². The number of hydrogen-bond acceptors (Lipinski definition) is 19. The van der Waals surface area contributed by atoms with Gasteiger partial charge in [-0.2, -0.15) is 0 Å². The molecule has 19 heteroatoms. The zero-order chi connectivity index (χ0) is 36.8. The Morgan fingerprint density at radius 2 is 1.59 bits per heavy atom. The van der Waals surface area contributed by atoms with Gasteiger partial charge in [0.15, 0.2) is 36.0 Å². The van der Waals surface area contributed by atoms with Crippen LogP contribution in [-0.2, 0) is 23.7 Å². The summed E-state index contributed by atoms with van der Waals surface area (Å²) in [7, 11) is 1.36. The van der Waals surface area contributed by atoms with Gasteiger partial charge in [-0.15, -0.1) is 0 Å². The van der Waals surface area contributed by atoms with Crippen LogP contribution in [0, 0.1) is 0 Å². The predicted octanol–water partition coefficient (Wildman–Crippen LogP) is -3.08. The van der Waals surface area contributed by atoms with E-state index in [1.54, 1.807) is 0 Å². The summed E-state index contributed by atoms with van der Waals surface area (Å²) >= 11 is 0. The Morgan fingerprint density at radius 1 is 0.882 bits per heavy atom. The van der Waals surface area contributed by atoms with Crippen LogP contribution in [0.5, 0.6) is 28.7 Å². The quantitative estimate of drug-likeness (QED) is 0.110. The third kappa shape index (κ3) is 7.05. The molecule has 51 heavy (non-hydrogen) atoms. The zero-order valence-corrected chi connectivity index (χ0v) is 27.0. The standard InChI is InChI=1S/C32H40O19/c1-44-19-4-13(2-3-15(19)35)18-7-17(37)22-16(36)5-14(6-20(22)49-18)48-28-25(24(39)23(38)21(8-33)50-28)51-30-27(41)32(43,12-47-30)11-46-29-26(40)31(42,9-34)10-45-29/h2-6,18,21,23-30,33-36,38-43H,7-12H2,1H3/t18?,21-,23-,24+,25-,26+,27+,28-,29+,30+,31-,32-/m1/s1. The minimum atomic E-state index is -2.18. The van der Waals surface area contributed by atoms with E-state index >= 15 is 0 Å². The molecule has 19 nitrogen and oxygen atoms in total. The van der Waals surface area contributed by atoms with Gasteiger partial charge in [0.2, 0.25) is 6.29 Å². The van der Waals surface area contributed by atoms with Crippen LogP contribution in [0.2, 0.25) is 0 Å². The minimum absolute atomic E-state index is 0.0840. The zero-order valence-electron chi connectivity index (χ0n) is 27.0. The van der Waals surface area contributed by atoms with Crippen LogP contribution in [0.3, 0.4) is 0 Å². The molecular formula is C32H40O19. The summed E-state index contributed by atoms with van der Waals surface area (Å²) in [4.78, 5) is 13.1. The van der Waals surface area contributed by atoms with Gasteiger partial charge in [0.1, 0.15) is 70.6 Å². The molecule has 3 fully saturated rings. The van der Waals surface area contributed by atoms with Gasteiger partial charge in [-0.1, -0.05) is 6.07 Å². The Bertz CT molecular complexity index is 1570. The summed E-state index contributed by atoms with van der Waals surface area (Å²) in [5.41, 5.74) is -3.82. The van der Waals surface area contributed by atoms with Crippen LogP contribution in [-0.4, -0.2) is 164 Å². The number of carbonyl (C=O) groups excluding carboxylic acids is 1. The summed E-state index contributed by atoms with van der Waals surface area (Å²) in [6.07, 6.45) is -16.0. The Labute approximate surface area is 289 Å². The van der Waals surface area contributed by atoms with Crippen molar-refractivity contribution in [1.82, 2.24) is 0 Å². The number of aliphatic hydroxyl groups is 8. The Balaban J connectivity index is 1.18. The van der Waals surface area contributed by atoms with Gasteiger partial charge in [0.05, 0.1) is 46.6 Å². The topological polar surface area (TPSA) is 293 Å². The van der Waals surface area contributed by atoms with Crippen molar-refractivity contribution in [2.45, 2.75) is 79.2 Å². The first kappa shape index (κ1) is 37.4. The largest absolute Gasteiger partial charge is 0.507 e. The molecule has 0 amide bonds. The predicted molar refractivity (Wildman–Crippen MR) is 163 cm³/mol. The van der Waals surface area contributed by atoms with E-state index in [2.05, 4.69) is 0 Å². The highest BCUT2D eigenvalue weighted by Gasteiger charge is 2.55. The van der Waals surface area contributed by atoms with Gasteiger partial charge >= 0.3 is 0 Å². The maximum atomic E-state index is 13.1. The normalized spacial score (nSPS) is 37.9. The van der Waals surface area contributed by atoms with E-state index in [0.29, 0.717) is 5.56 Å². The van der Waals surface area contributed by atoms with Crippen LogP contribution >= 0.6 is 0 Å². The fraction of sp³-hybridized carbons (Fsp3) is 0.594. The van der Waals surface area contributed by atoms with Crippen molar-refractivity contribution >= 4 is 5.78 Å². The fourth-order valence-electron chi connectivity index (χ4n) is 6.21. The highest BCUT2D eigenvalue weighted by molar-refractivity contribution is 6.02. The number of hydrogen-bond donors (Lipinski definition) is 10. The molecule has 0 radical (unpaired) electrons. The van der Waals surface area contributed by atoms with Gasteiger partial charge in [0.25, 0.3) is 0 Å². The molecule has 1 unspecified atom stereocenters. The molecule has 282 valence electrons. The SMILES string of the molecule is COc1cc(C2CC(=O)c3c(O)cc(O[C@@H]4O[C@H](CO)[C@@H](O)[C@H](O)[C@H]4O[C@@H]4OC[C@](O)(CO[C@@H]5OC[C@](O)(CO)[C@H]5O)[C@H]4O)cc3O2)ccc1O. The van der Waals surface area contributed by atoms with Crippen LogP contribution in [0.15, 0.2) is 30.3 Å². The molecule has 4 aliphatic rings. The molecule has 10 N–H and O–H groups in total. The number of rotatable bonds is 11. The van der Waals surface area contributed by atoms with Crippen molar-refractivity contribution in [3.05, 3.63) is 41.5 Å². The number of phenols is 2. The van der Waals surface area contributed by atoms with E-state index in [9.17, 15) is 55.9 Å². The van der Waals surface area contributed by atoms with Gasteiger partial charge in [-0.25, -0.2) is 0 Å². The van der Waals surface area contributed by atoms with E-state index in [4.69, 9.17) is 37.9 Å². The Kier molecular flexibility index (Phi) is 10.7. The Hall–Kier alpha value is -3.41. The smallest absolute Gasteiger partial charge is 0.229 e. The number of phenolic OH excluding ortho intramolecular Hbond substituents is 2. The Morgan fingerprint density at radius 3 is 2.27 bits per heavy atom. The molecule has 0 aromatic heterocycles. The number of ketones is 1. The third-order valence-electron chi connectivity index (χ3n) is 9.30. The van der Waals surface area contributed by atoms with Crippen molar-refractivity contribution < 1.29 is 93.8 Å². The second-order valence-corrected chi connectivity index (χ2v) is 12.8. The van der Waals surface area contributed by atoms with E-state index in [1.165, 1.54) is 31.4 Å². The van der Waals surface area contributed by atoms with E-state index in [0.717, 1.165) is 6.07 Å². The first-order valence-corrected chi connectivity index (χ1v) is 15.9. The second-order valence-electron chi connectivity index (χ2n) is 12.8. The summed E-state index contributed by atoms with van der Waals surface area (Å²) in [5, 5.41) is 104. The molecule has 0 aliphatic carbocycles. The van der Waals surface area contributed by atoms with Gasteiger partial charge < -0.3 is 89.0 Å². The first-order chi connectivity index (χ1) is 24.2. The minimum Gasteiger partial charge on any atom is -0.507 e. The maximum absolute atomic E-state index is 13.1. The van der Waals surface area contributed by atoms with Crippen molar-refractivity contribution in [3.8, 4) is 28.7 Å². The number of ether oxygens (including phenoxy) is 8. The van der Waals surface area contributed by atoms with E-state index in [-0.39, 0.29) is 35.0 Å². The third-order valence-corrected chi connectivity index (χ3v) is 9.30. The van der Waals surface area contributed by atoms with Crippen molar-refractivity contribution in [3.63, 3.8) is 0 Å². The average molecular weight is 729 g/mol. The number of Topliss-reactive ketones (excluding diaryl/α,β-unsaturated/α-hetero) is 1. The summed E-state index contributed by atoms with van der Waals surface area (Å²) < 4.78 is 44.5. The number of carbonyl (C=O) groups is 1.